The third kappa shape index (κ3) is 5.08. The van der Waals surface area contributed by atoms with Gasteiger partial charge in [0.15, 0.2) is 16.8 Å². The zero-order chi connectivity index (χ0) is 21.0. The molecule has 8 heteroatoms. The molecule has 0 bridgehead atoms. The van der Waals surface area contributed by atoms with Crippen molar-refractivity contribution in [2.45, 2.75) is 29.9 Å². The quantitative estimate of drug-likeness (QED) is 0.565. The van der Waals surface area contributed by atoms with Gasteiger partial charge in [-0.3, -0.25) is 0 Å². The molecule has 3 aromatic rings. The highest BCUT2D eigenvalue weighted by molar-refractivity contribution is 7.99. The van der Waals surface area contributed by atoms with Crippen molar-refractivity contribution in [1.82, 2.24) is 14.9 Å². The summed E-state index contributed by atoms with van der Waals surface area (Å²) in [5.41, 5.74) is 2.05. The fourth-order valence-electron chi connectivity index (χ4n) is 2.66. The second kappa shape index (κ2) is 9.00. The number of anilines is 1. The van der Waals surface area contributed by atoms with Crippen LogP contribution >= 0.6 is 11.8 Å². The van der Waals surface area contributed by atoms with Crippen molar-refractivity contribution in [3.63, 3.8) is 0 Å². The predicted octanol–water partition coefficient (Wildman–Crippen LogP) is 5.44. The Morgan fingerprint density at radius 1 is 1.10 bits per heavy atom. The van der Waals surface area contributed by atoms with E-state index < -0.39 is 17.7 Å². The molecule has 5 nitrogen and oxygen atoms in total. The topological polar surface area (TPSA) is 58.1 Å². The number of carbonyl (C=O) groups excluding carboxylic acids is 1. The normalized spacial score (nSPS) is 11.8. The molecule has 2 aromatic carbocycles. The van der Waals surface area contributed by atoms with Crippen molar-refractivity contribution in [1.29, 1.82) is 0 Å². The van der Waals surface area contributed by atoms with Crippen LogP contribution in [0, 0.1) is 18.6 Å². The van der Waals surface area contributed by atoms with Crippen LogP contribution < -0.4 is 5.32 Å². The minimum Gasteiger partial charge on any atom is -0.321 e. The second-order valence-corrected chi connectivity index (χ2v) is 7.54. The van der Waals surface area contributed by atoms with Crippen molar-refractivity contribution in [2.75, 3.05) is 12.4 Å². The fourth-order valence-corrected chi connectivity index (χ4v) is 3.47. The van der Waals surface area contributed by atoms with Crippen LogP contribution in [0.4, 0.5) is 19.3 Å². The van der Waals surface area contributed by atoms with Crippen molar-refractivity contribution in [3.05, 3.63) is 77.6 Å². The molecule has 1 N–H and O–H groups in total. The van der Waals surface area contributed by atoms with Gasteiger partial charge >= 0.3 is 6.03 Å². The van der Waals surface area contributed by atoms with Crippen LogP contribution in [0.2, 0.25) is 0 Å². The Kier molecular flexibility index (Phi) is 6.43. The monoisotopic (exact) mass is 414 g/mol. The van der Waals surface area contributed by atoms with Gasteiger partial charge in [-0.2, -0.15) is 0 Å². The van der Waals surface area contributed by atoms with E-state index in [4.69, 9.17) is 0 Å². The van der Waals surface area contributed by atoms with Gasteiger partial charge in [0.1, 0.15) is 0 Å². The summed E-state index contributed by atoms with van der Waals surface area (Å²) in [5, 5.41) is 3.50. The number of halogens is 2. The molecule has 0 radical (unpaired) electrons. The largest absolute Gasteiger partial charge is 0.322 e. The highest BCUT2D eigenvalue weighted by atomic mass is 32.2. The lowest BCUT2D eigenvalue weighted by atomic mass is 10.1. The van der Waals surface area contributed by atoms with E-state index in [2.05, 4.69) is 15.3 Å². The first-order valence-electron chi connectivity index (χ1n) is 8.89. The van der Waals surface area contributed by atoms with Gasteiger partial charge in [-0.1, -0.05) is 6.07 Å². The zero-order valence-corrected chi connectivity index (χ0v) is 17.0. The first-order valence-corrected chi connectivity index (χ1v) is 9.71. The minimum absolute atomic E-state index is 0.350. The molecule has 0 aliphatic rings. The lowest BCUT2D eigenvalue weighted by Gasteiger charge is -2.26. The summed E-state index contributed by atoms with van der Waals surface area (Å²) >= 11 is 1.43. The summed E-state index contributed by atoms with van der Waals surface area (Å²) in [6.45, 7) is 3.64. The van der Waals surface area contributed by atoms with Gasteiger partial charge in [-0.05, 0) is 73.1 Å². The Morgan fingerprint density at radius 3 is 2.48 bits per heavy atom. The van der Waals surface area contributed by atoms with Crippen molar-refractivity contribution in [3.8, 4) is 0 Å². The summed E-state index contributed by atoms with van der Waals surface area (Å²) in [4.78, 5) is 23.4. The fraction of sp³-hybridized carbons (Fsp3) is 0.190. The average molecular weight is 414 g/mol. The van der Waals surface area contributed by atoms with E-state index in [1.54, 1.807) is 32.4 Å². The molecule has 0 saturated carbocycles. The Morgan fingerprint density at radius 2 is 1.83 bits per heavy atom. The standard InChI is InChI=1S/C21H20F2N4OS/c1-13-11-16(29-20-24-9-4-10-25-20)6-8-19(13)26-21(28)27(3)14(2)15-5-7-17(22)18(23)12-15/h4-12,14H,1-3H3,(H,26,28). The van der Waals surface area contributed by atoms with Crippen LogP contribution in [-0.4, -0.2) is 27.9 Å². The highest BCUT2D eigenvalue weighted by Gasteiger charge is 2.19. The number of urea groups is 1. The lowest BCUT2D eigenvalue weighted by Crippen LogP contribution is -2.33. The van der Waals surface area contributed by atoms with Gasteiger partial charge in [-0.25, -0.2) is 23.5 Å². The molecule has 29 heavy (non-hydrogen) atoms. The van der Waals surface area contributed by atoms with E-state index in [1.807, 2.05) is 25.1 Å². The smallest absolute Gasteiger partial charge is 0.321 e. The number of aromatic nitrogens is 2. The summed E-state index contributed by atoms with van der Waals surface area (Å²) < 4.78 is 26.6. The molecular formula is C21H20F2N4OS. The Balaban J connectivity index is 1.68. The van der Waals surface area contributed by atoms with Crippen LogP contribution in [-0.2, 0) is 0 Å². The van der Waals surface area contributed by atoms with Gasteiger partial charge in [0.05, 0.1) is 6.04 Å². The first-order chi connectivity index (χ1) is 13.8. The number of hydrogen-bond donors (Lipinski definition) is 1. The summed E-state index contributed by atoms with van der Waals surface area (Å²) in [6.07, 6.45) is 3.36. The molecule has 0 fully saturated rings. The minimum atomic E-state index is -0.936. The summed E-state index contributed by atoms with van der Waals surface area (Å²) in [5.74, 6) is -1.85. The lowest BCUT2D eigenvalue weighted by molar-refractivity contribution is 0.208. The van der Waals surface area contributed by atoms with Gasteiger partial charge in [0.25, 0.3) is 0 Å². The van der Waals surface area contributed by atoms with Crippen LogP contribution in [0.25, 0.3) is 0 Å². The van der Waals surface area contributed by atoms with E-state index in [1.165, 1.54) is 22.7 Å². The molecule has 1 atom stereocenters. The Labute approximate surface area is 172 Å². The zero-order valence-electron chi connectivity index (χ0n) is 16.2. The summed E-state index contributed by atoms with van der Waals surface area (Å²) in [7, 11) is 1.60. The maximum atomic E-state index is 13.5. The maximum Gasteiger partial charge on any atom is 0.322 e. The van der Waals surface area contributed by atoms with E-state index in [-0.39, 0.29) is 6.03 Å². The molecule has 0 spiro atoms. The Bertz CT molecular complexity index is 1020. The third-order valence-corrected chi connectivity index (χ3v) is 5.40. The number of nitrogens with zero attached hydrogens (tertiary/aromatic N) is 3. The maximum absolute atomic E-state index is 13.5. The molecule has 2 amide bonds. The molecule has 3 rings (SSSR count). The van der Waals surface area contributed by atoms with Crippen molar-refractivity contribution < 1.29 is 13.6 Å². The second-order valence-electron chi connectivity index (χ2n) is 6.50. The van der Waals surface area contributed by atoms with Gasteiger partial charge < -0.3 is 10.2 Å². The molecule has 1 heterocycles. The van der Waals surface area contributed by atoms with Crippen LogP contribution in [0.5, 0.6) is 0 Å². The van der Waals surface area contributed by atoms with Crippen molar-refractivity contribution in [2.24, 2.45) is 0 Å². The number of benzene rings is 2. The van der Waals surface area contributed by atoms with Crippen LogP contribution in [0.1, 0.15) is 24.1 Å². The molecule has 1 aromatic heterocycles. The number of rotatable bonds is 5. The molecular weight excluding hydrogens is 394 g/mol. The van der Waals surface area contributed by atoms with Gasteiger partial charge in [-0.15, -0.1) is 0 Å². The van der Waals surface area contributed by atoms with Crippen molar-refractivity contribution >= 4 is 23.5 Å². The van der Waals surface area contributed by atoms with E-state index in [0.29, 0.717) is 16.4 Å². The number of nitrogens with one attached hydrogen (secondary N) is 1. The predicted molar refractivity (Wildman–Crippen MR) is 109 cm³/mol. The van der Waals surface area contributed by atoms with Crippen LogP contribution in [0.15, 0.2) is 64.9 Å². The number of aryl methyl sites for hydroxylation is 1. The molecule has 0 saturated heterocycles. The van der Waals surface area contributed by atoms with Crippen LogP contribution in [0.3, 0.4) is 0 Å². The third-order valence-electron chi connectivity index (χ3n) is 4.52. The highest BCUT2D eigenvalue weighted by Crippen LogP contribution is 2.28. The van der Waals surface area contributed by atoms with E-state index in [9.17, 15) is 13.6 Å². The number of amides is 2. The molecule has 150 valence electrons. The Hall–Kier alpha value is -3.00. The molecule has 0 aliphatic heterocycles. The number of hydrogen-bond acceptors (Lipinski definition) is 4. The first kappa shape index (κ1) is 20.7. The van der Waals surface area contributed by atoms with Gasteiger partial charge in [0, 0.05) is 30.0 Å². The SMILES string of the molecule is Cc1cc(Sc2ncccn2)ccc1NC(=O)N(C)C(C)c1ccc(F)c(F)c1. The van der Waals surface area contributed by atoms with E-state index in [0.717, 1.165) is 22.6 Å². The average Bonchev–Trinajstić information content (AvgIpc) is 2.71. The van der Waals surface area contributed by atoms with Gasteiger partial charge in [0.2, 0.25) is 0 Å². The van der Waals surface area contributed by atoms with E-state index >= 15 is 0 Å². The molecule has 1 unspecified atom stereocenters. The number of carbonyl (C=O) groups is 1. The molecule has 0 aliphatic carbocycles. The summed E-state index contributed by atoms with van der Waals surface area (Å²) in [6, 6.07) is 10.2.